The van der Waals surface area contributed by atoms with Crippen LogP contribution in [0.3, 0.4) is 0 Å². The molecule has 0 fully saturated rings. The summed E-state index contributed by atoms with van der Waals surface area (Å²) in [7, 11) is -3.13. The van der Waals surface area contributed by atoms with Gasteiger partial charge in [-0.05, 0) is 17.5 Å². The van der Waals surface area contributed by atoms with Crippen molar-refractivity contribution in [3.05, 3.63) is 34.9 Å². The molecule has 0 saturated carbocycles. The van der Waals surface area contributed by atoms with Crippen LogP contribution >= 0.6 is 11.6 Å². The van der Waals surface area contributed by atoms with Gasteiger partial charge in [-0.15, -0.1) is 0 Å². The monoisotopic (exact) mass is 317 g/mol. The van der Waals surface area contributed by atoms with Crippen molar-refractivity contribution in [1.29, 1.82) is 0 Å². The van der Waals surface area contributed by atoms with Crippen molar-refractivity contribution in [3.8, 4) is 0 Å². The van der Waals surface area contributed by atoms with Crippen LogP contribution in [0.5, 0.6) is 0 Å². The van der Waals surface area contributed by atoms with E-state index < -0.39 is 9.84 Å². The first-order valence-electron chi connectivity index (χ1n) is 6.42. The van der Waals surface area contributed by atoms with Gasteiger partial charge in [-0.3, -0.25) is 4.79 Å². The molecule has 1 N–H and O–H groups in total. The van der Waals surface area contributed by atoms with Crippen LogP contribution in [0.4, 0.5) is 0 Å². The van der Waals surface area contributed by atoms with Crippen LogP contribution < -0.4 is 5.32 Å². The van der Waals surface area contributed by atoms with E-state index in [-0.39, 0.29) is 30.0 Å². The minimum Gasteiger partial charge on any atom is -0.349 e. The normalized spacial score (nSPS) is 13.2. The van der Waals surface area contributed by atoms with Crippen molar-refractivity contribution in [3.63, 3.8) is 0 Å². The summed E-state index contributed by atoms with van der Waals surface area (Å²) in [5.41, 5.74) is 0.844. The van der Waals surface area contributed by atoms with E-state index >= 15 is 0 Å². The van der Waals surface area contributed by atoms with Crippen LogP contribution in [0, 0.1) is 5.92 Å². The molecule has 1 rings (SSSR count). The minimum absolute atomic E-state index is 0.0352. The van der Waals surface area contributed by atoms with Gasteiger partial charge in [-0.1, -0.05) is 43.6 Å². The Kier molecular flexibility index (Phi) is 6.02. The van der Waals surface area contributed by atoms with E-state index in [1.165, 1.54) is 0 Å². The number of hydrogen-bond donors (Lipinski definition) is 1. The average Bonchev–Trinajstić information content (AvgIpc) is 2.33. The van der Waals surface area contributed by atoms with Gasteiger partial charge >= 0.3 is 0 Å². The molecule has 0 saturated heterocycles. The van der Waals surface area contributed by atoms with E-state index in [0.29, 0.717) is 5.02 Å². The van der Waals surface area contributed by atoms with Gasteiger partial charge in [-0.25, -0.2) is 8.42 Å². The first-order chi connectivity index (χ1) is 9.20. The summed E-state index contributed by atoms with van der Waals surface area (Å²) in [6.07, 6.45) is 1.08. The summed E-state index contributed by atoms with van der Waals surface area (Å²) in [6.45, 7) is 3.95. The molecule has 1 atom stereocenters. The molecule has 0 aliphatic heterocycles. The summed E-state index contributed by atoms with van der Waals surface area (Å²) in [5.74, 6) is -0.280. The molecule has 1 aromatic rings. The standard InChI is InChI=1S/C14H20ClNO3S/c1-10(2)14(11-6-4-5-7-12(11)15)16-13(17)8-9-20(3,18)19/h4-7,10,14H,8-9H2,1-3H3,(H,16,17)/t14-/m1/s1. The predicted molar refractivity (Wildman–Crippen MR) is 81.5 cm³/mol. The highest BCUT2D eigenvalue weighted by molar-refractivity contribution is 7.90. The largest absolute Gasteiger partial charge is 0.349 e. The lowest BCUT2D eigenvalue weighted by molar-refractivity contribution is -0.121. The molecule has 1 amide bonds. The van der Waals surface area contributed by atoms with Gasteiger partial charge in [0.25, 0.3) is 0 Å². The second-order valence-electron chi connectivity index (χ2n) is 5.19. The number of amides is 1. The van der Waals surface area contributed by atoms with Crippen molar-refractivity contribution in [2.45, 2.75) is 26.3 Å². The molecule has 112 valence electrons. The lowest BCUT2D eigenvalue weighted by Gasteiger charge is -2.23. The fourth-order valence-electron chi connectivity index (χ4n) is 1.85. The molecule has 0 aliphatic rings. The number of benzene rings is 1. The zero-order valence-electron chi connectivity index (χ0n) is 11.9. The Bertz CT molecular complexity index is 570. The van der Waals surface area contributed by atoms with Crippen molar-refractivity contribution in [1.82, 2.24) is 5.32 Å². The number of halogens is 1. The Hall–Kier alpha value is -1.07. The van der Waals surface area contributed by atoms with Crippen LogP contribution in [0.1, 0.15) is 31.9 Å². The highest BCUT2D eigenvalue weighted by Gasteiger charge is 2.20. The Balaban J connectivity index is 2.79. The van der Waals surface area contributed by atoms with Crippen LogP contribution in [0.2, 0.25) is 5.02 Å². The summed E-state index contributed by atoms with van der Waals surface area (Å²) < 4.78 is 22.2. The molecule has 0 heterocycles. The maximum atomic E-state index is 11.9. The van der Waals surface area contributed by atoms with E-state index in [2.05, 4.69) is 5.32 Å². The number of hydrogen-bond acceptors (Lipinski definition) is 3. The van der Waals surface area contributed by atoms with Crippen molar-refractivity contribution < 1.29 is 13.2 Å². The zero-order chi connectivity index (χ0) is 15.3. The lowest BCUT2D eigenvalue weighted by Crippen LogP contribution is -2.32. The topological polar surface area (TPSA) is 63.2 Å². The van der Waals surface area contributed by atoms with Crippen molar-refractivity contribution in [2.75, 3.05) is 12.0 Å². The number of sulfone groups is 1. The second-order valence-corrected chi connectivity index (χ2v) is 7.86. The van der Waals surface area contributed by atoms with E-state index in [4.69, 9.17) is 11.6 Å². The molecular weight excluding hydrogens is 298 g/mol. The van der Waals surface area contributed by atoms with Crippen LogP contribution in [-0.4, -0.2) is 26.3 Å². The summed E-state index contributed by atoms with van der Waals surface area (Å²) in [6, 6.07) is 7.10. The van der Waals surface area contributed by atoms with Gasteiger partial charge in [-0.2, -0.15) is 0 Å². The highest BCUT2D eigenvalue weighted by atomic mass is 35.5. The maximum absolute atomic E-state index is 11.9. The summed E-state index contributed by atoms with van der Waals surface area (Å²) in [4.78, 5) is 11.9. The van der Waals surface area contributed by atoms with E-state index in [1.807, 2.05) is 32.0 Å². The molecule has 6 heteroatoms. The Morgan fingerprint density at radius 3 is 2.40 bits per heavy atom. The maximum Gasteiger partial charge on any atom is 0.221 e. The molecule has 0 unspecified atom stereocenters. The highest BCUT2D eigenvalue weighted by Crippen LogP contribution is 2.28. The SMILES string of the molecule is CC(C)[C@@H](NC(=O)CCS(C)(=O)=O)c1ccccc1Cl. The summed E-state index contributed by atoms with van der Waals surface area (Å²) >= 11 is 6.15. The van der Waals surface area contributed by atoms with Gasteiger partial charge in [0.15, 0.2) is 0 Å². The third-order valence-corrected chi connectivity index (χ3v) is 4.21. The molecule has 20 heavy (non-hydrogen) atoms. The van der Waals surface area contributed by atoms with E-state index in [0.717, 1.165) is 11.8 Å². The Morgan fingerprint density at radius 1 is 1.30 bits per heavy atom. The van der Waals surface area contributed by atoms with Crippen LogP contribution in [-0.2, 0) is 14.6 Å². The first kappa shape index (κ1) is 17.0. The average molecular weight is 318 g/mol. The molecule has 0 spiro atoms. The van der Waals surface area contributed by atoms with Crippen LogP contribution in [0.25, 0.3) is 0 Å². The van der Waals surface area contributed by atoms with Crippen molar-refractivity contribution in [2.24, 2.45) is 5.92 Å². The predicted octanol–water partition coefficient (Wildman–Crippen LogP) is 2.59. The molecule has 4 nitrogen and oxygen atoms in total. The third-order valence-electron chi connectivity index (χ3n) is 2.92. The number of rotatable bonds is 6. The molecule has 0 aliphatic carbocycles. The second kappa shape index (κ2) is 7.09. The summed E-state index contributed by atoms with van der Waals surface area (Å²) in [5, 5.41) is 3.45. The fourth-order valence-corrected chi connectivity index (χ4v) is 2.66. The van der Waals surface area contributed by atoms with Gasteiger partial charge < -0.3 is 5.32 Å². The van der Waals surface area contributed by atoms with Crippen molar-refractivity contribution >= 4 is 27.3 Å². The van der Waals surface area contributed by atoms with Crippen LogP contribution in [0.15, 0.2) is 24.3 Å². The molecule has 1 aromatic carbocycles. The lowest BCUT2D eigenvalue weighted by atomic mass is 9.96. The quantitative estimate of drug-likeness (QED) is 0.877. The molecule has 0 aromatic heterocycles. The first-order valence-corrected chi connectivity index (χ1v) is 8.86. The fraction of sp³-hybridized carbons (Fsp3) is 0.500. The Labute approximate surface area is 125 Å². The number of carbonyl (C=O) groups excluding carboxylic acids is 1. The zero-order valence-corrected chi connectivity index (χ0v) is 13.5. The Morgan fingerprint density at radius 2 is 1.90 bits per heavy atom. The van der Waals surface area contributed by atoms with E-state index in [9.17, 15) is 13.2 Å². The molecular formula is C14H20ClNO3S. The van der Waals surface area contributed by atoms with Gasteiger partial charge in [0.2, 0.25) is 5.91 Å². The molecule has 0 bridgehead atoms. The van der Waals surface area contributed by atoms with E-state index in [1.54, 1.807) is 6.07 Å². The van der Waals surface area contributed by atoms with Gasteiger partial charge in [0.05, 0.1) is 11.8 Å². The number of nitrogens with one attached hydrogen (secondary N) is 1. The minimum atomic E-state index is -3.13. The smallest absolute Gasteiger partial charge is 0.221 e. The third kappa shape index (κ3) is 5.51. The van der Waals surface area contributed by atoms with Gasteiger partial charge in [0, 0.05) is 17.7 Å². The number of carbonyl (C=O) groups is 1. The molecule has 0 radical (unpaired) electrons. The van der Waals surface area contributed by atoms with Gasteiger partial charge in [0.1, 0.15) is 9.84 Å².